The van der Waals surface area contributed by atoms with Gasteiger partial charge in [-0.3, -0.25) is 14.5 Å². The zero-order valence-corrected chi connectivity index (χ0v) is 38.4. The maximum Gasteiger partial charge on any atom is 0.331 e. The summed E-state index contributed by atoms with van der Waals surface area (Å²) in [5.41, 5.74) is 15.3. The van der Waals surface area contributed by atoms with Crippen LogP contribution in [-0.2, 0) is 14.4 Å². The Morgan fingerprint density at radius 1 is 0.534 bits per heavy atom. The molecule has 0 aromatic carbocycles. The number of aliphatic carboxylic acids is 1. The van der Waals surface area contributed by atoms with Crippen molar-refractivity contribution in [1.82, 2.24) is 15.5 Å². The summed E-state index contributed by atoms with van der Waals surface area (Å²) in [5, 5.41) is 17.9. The van der Waals surface area contributed by atoms with Crippen LogP contribution in [0, 0.1) is 0 Å². The van der Waals surface area contributed by atoms with Crippen LogP contribution < -0.4 is 27.8 Å². The summed E-state index contributed by atoms with van der Waals surface area (Å²) in [7, 11) is 0. The molecule has 0 bridgehead atoms. The highest BCUT2D eigenvalue weighted by molar-refractivity contribution is 6.10. The van der Waals surface area contributed by atoms with Crippen LogP contribution in [0.25, 0.3) is 0 Å². The second kappa shape index (κ2) is 42.1. The van der Waals surface area contributed by atoms with Crippen molar-refractivity contribution in [2.24, 2.45) is 17.2 Å². The molecule has 0 aliphatic heterocycles. The number of amides is 1. The monoisotopic (exact) mass is 823 g/mol. The Morgan fingerprint density at radius 2 is 0.897 bits per heavy atom. The predicted octanol–water partition coefficient (Wildman–Crippen LogP) is 9.93. The first-order chi connectivity index (χ1) is 28.3. The van der Waals surface area contributed by atoms with Gasteiger partial charge in [0, 0.05) is 6.42 Å². The molecular weight excluding hydrogens is 725 g/mol. The molecule has 0 fully saturated rings. The van der Waals surface area contributed by atoms with Crippen LogP contribution in [0.4, 0.5) is 0 Å². The van der Waals surface area contributed by atoms with E-state index in [1.54, 1.807) is 0 Å². The molecule has 0 radical (unpaired) electrons. The lowest BCUT2D eigenvalue weighted by molar-refractivity contribution is -0.160. The average molecular weight is 823 g/mol. The van der Waals surface area contributed by atoms with E-state index >= 15 is 0 Å². The number of nitrogens with one attached hydrogen (secondary N) is 2. The molecule has 344 valence electrons. The van der Waals surface area contributed by atoms with Crippen molar-refractivity contribution >= 4 is 17.7 Å². The summed E-state index contributed by atoms with van der Waals surface area (Å²) in [5.74, 6) is -2.10. The van der Waals surface area contributed by atoms with E-state index in [0.29, 0.717) is 58.5 Å². The molecule has 0 heterocycles. The number of primary amides is 1. The van der Waals surface area contributed by atoms with E-state index in [4.69, 9.17) is 17.2 Å². The third-order valence-corrected chi connectivity index (χ3v) is 12.1. The Kier molecular flexibility index (Phi) is 41.0. The van der Waals surface area contributed by atoms with Crippen LogP contribution >= 0.6 is 0 Å². The number of Topliss-reactive ketones (excluding diaryl/α,β-unsaturated/α-hetero) is 1. The number of carboxylic acids is 1. The first kappa shape index (κ1) is 56.4. The summed E-state index contributed by atoms with van der Waals surface area (Å²) in [6, 6.07) is -0.665. The number of carbonyl (C=O) groups is 3. The van der Waals surface area contributed by atoms with Gasteiger partial charge < -0.3 is 32.9 Å². The van der Waals surface area contributed by atoms with Crippen molar-refractivity contribution < 1.29 is 19.5 Å². The lowest BCUT2D eigenvalue weighted by Crippen LogP contribution is -2.65. The average Bonchev–Trinajstić information content (AvgIpc) is 3.21. The van der Waals surface area contributed by atoms with E-state index in [-0.39, 0.29) is 18.6 Å². The smallest absolute Gasteiger partial charge is 0.331 e. The van der Waals surface area contributed by atoms with Gasteiger partial charge in [0.2, 0.25) is 5.91 Å². The number of hydrogen-bond donors (Lipinski definition) is 6. The molecule has 0 aliphatic rings. The van der Waals surface area contributed by atoms with Crippen molar-refractivity contribution in [1.29, 1.82) is 0 Å². The highest BCUT2D eigenvalue weighted by Gasteiger charge is 2.52. The number of ketones is 1. The SMILES string of the molecule is CCCCCCCCCCCCCCCCN(CCCCCCCCCCCCCCCC)[C@@](CCC(N)=O)(C(=O)O)C(=O)[C@H](CCCNCCCN)NCCCN. The molecule has 0 aromatic rings. The molecule has 0 aliphatic carbocycles. The summed E-state index contributed by atoms with van der Waals surface area (Å²) >= 11 is 0. The Bertz CT molecular complexity index is 908. The van der Waals surface area contributed by atoms with Crippen LogP contribution in [-0.4, -0.2) is 85.1 Å². The van der Waals surface area contributed by atoms with E-state index in [1.807, 2.05) is 4.90 Å². The highest BCUT2D eigenvalue weighted by atomic mass is 16.4. The normalized spacial score (nSPS) is 13.3. The number of carbonyl (C=O) groups excluding carboxylic acids is 2. The van der Waals surface area contributed by atoms with Gasteiger partial charge >= 0.3 is 5.97 Å². The van der Waals surface area contributed by atoms with Gasteiger partial charge in [0.25, 0.3) is 0 Å². The van der Waals surface area contributed by atoms with Crippen LogP contribution in [0.3, 0.4) is 0 Å². The molecule has 0 rings (SSSR count). The first-order valence-electron chi connectivity index (χ1n) is 25.0. The van der Waals surface area contributed by atoms with Crippen LogP contribution in [0.15, 0.2) is 0 Å². The summed E-state index contributed by atoms with van der Waals surface area (Å²) in [4.78, 5) is 42.6. The molecule has 0 saturated heterocycles. The molecule has 2 atom stereocenters. The summed E-state index contributed by atoms with van der Waals surface area (Å²) in [6.45, 7) is 8.70. The Balaban J connectivity index is 5.59. The van der Waals surface area contributed by atoms with Gasteiger partial charge in [-0.2, -0.15) is 0 Å². The lowest BCUT2D eigenvalue weighted by atomic mass is 9.81. The molecule has 9 N–H and O–H groups in total. The molecule has 10 nitrogen and oxygen atoms in total. The number of unbranched alkanes of at least 4 members (excludes halogenated alkanes) is 26. The molecule has 58 heavy (non-hydrogen) atoms. The highest BCUT2D eigenvalue weighted by Crippen LogP contribution is 2.29. The van der Waals surface area contributed by atoms with Crippen molar-refractivity contribution in [2.45, 2.75) is 244 Å². The third-order valence-electron chi connectivity index (χ3n) is 12.1. The Morgan fingerprint density at radius 3 is 1.26 bits per heavy atom. The quantitative estimate of drug-likeness (QED) is 0.0258. The van der Waals surface area contributed by atoms with Gasteiger partial charge in [0.05, 0.1) is 6.04 Å². The molecular formula is C48H98N6O4. The number of hydrogen-bond acceptors (Lipinski definition) is 8. The van der Waals surface area contributed by atoms with Crippen molar-refractivity contribution in [3.05, 3.63) is 0 Å². The van der Waals surface area contributed by atoms with E-state index in [2.05, 4.69) is 24.5 Å². The van der Waals surface area contributed by atoms with E-state index in [9.17, 15) is 19.5 Å². The van der Waals surface area contributed by atoms with Gasteiger partial charge in [0.1, 0.15) is 0 Å². The van der Waals surface area contributed by atoms with Crippen molar-refractivity contribution in [2.75, 3.05) is 45.8 Å². The topological polar surface area (TPSA) is 177 Å². The zero-order valence-electron chi connectivity index (χ0n) is 38.4. The molecule has 0 spiro atoms. The third kappa shape index (κ3) is 30.4. The van der Waals surface area contributed by atoms with Crippen molar-refractivity contribution in [3.63, 3.8) is 0 Å². The molecule has 0 saturated carbocycles. The van der Waals surface area contributed by atoms with Gasteiger partial charge in [-0.25, -0.2) is 4.79 Å². The van der Waals surface area contributed by atoms with E-state index in [0.717, 1.165) is 51.5 Å². The minimum Gasteiger partial charge on any atom is -0.480 e. The van der Waals surface area contributed by atoms with Crippen LogP contribution in [0.5, 0.6) is 0 Å². The number of nitrogens with zero attached hydrogens (tertiary/aromatic N) is 1. The zero-order chi connectivity index (χ0) is 42.8. The summed E-state index contributed by atoms with van der Waals surface area (Å²) in [6.07, 6.45) is 37.4. The fourth-order valence-corrected chi connectivity index (χ4v) is 8.35. The number of rotatable bonds is 48. The van der Waals surface area contributed by atoms with E-state index in [1.165, 1.54) is 141 Å². The van der Waals surface area contributed by atoms with Crippen molar-refractivity contribution in [3.8, 4) is 0 Å². The number of nitrogens with two attached hydrogens (primary N) is 3. The minimum atomic E-state index is -1.82. The van der Waals surface area contributed by atoms with E-state index < -0.39 is 23.5 Å². The van der Waals surface area contributed by atoms with Gasteiger partial charge in [-0.05, 0) is 90.8 Å². The standard InChI is InChI=1S/C48H98N6O4/c1-3-5-7-9-11-13-15-17-19-21-23-25-27-29-42-54(43-30-28-26-24-22-20-18-16-14-12-10-8-6-4-2)48(47(57)58,36-35-45(51)55)46(56)44(53-41-33-38-50)34-31-39-52-40-32-37-49/h44,52-53H,3-43,49-50H2,1-2H3,(H2,51,55)(H,57,58)/t44-,48+/m0/s1. The van der Waals surface area contributed by atoms with Gasteiger partial charge in [-0.1, -0.05) is 181 Å². The first-order valence-corrected chi connectivity index (χ1v) is 25.0. The number of carboxylic acid groups (broad SMARTS) is 1. The molecule has 0 aromatic heterocycles. The second-order valence-corrected chi connectivity index (χ2v) is 17.4. The lowest BCUT2D eigenvalue weighted by Gasteiger charge is -2.41. The minimum absolute atomic E-state index is 0.114. The maximum absolute atomic E-state index is 14.8. The molecule has 0 unspecified atom stereocenters. The van der Waals surface area contributed by atoms with Gasteiger partial charge in [0.15, 0.2) is 11.3 Å². The fourth-order valence-electron chi connectivity index (χ4n) is 8.35. The largest absolute Gasteiger partial charge is 0.480 e. The summed E-state index contributed by atoms with van der Waals surface area (Å²) < 4.78 is 0. The van der Waals surface area contributed by atoms with Gasteiger partial charge in [-0.15, -0.1) is 0 Å². The second-order valence-electron chi connectivity index (χ2n) is 17.4. The molecule has 10 heteroatoms. The molecule has 1 amide bonds. The predicted molar refractivity (Wildman–Crippen MR) is 247 cm³/mol. The maximum atomic E-state index is 14.8. The van der Waals surface area contributed by atoms with Crippen LogP contribution in [0.1, 0.15) is 232 Å². The Labute approximate surface area is 358 Å². The Hall–Kier alpha value is -1.59. The fraction of sp³-hybridized carbons (Fsp3) is 0.938. The van der Waals surface area contributed by atoms with Crippen LogP contribution in [0.2, 0.25) is 0 Å².